The molecule has 5 heteroatoms. The van der Waals surface area contributed by atoms with Gasteiger partial charge in [-0.1, -0.05) is 13.0 Å². The van der Waals surface area contributed by atoms with Crippen LogP contribution in [0, 0.1) is 5.92 Å². The molecule has 1 saturated carbocycles. The molecule has 1 atom stereocenters. The number of carbonyl (C=O) groups excluding carboxylic acids is 1. The van der Waals surface area contributed by atoms with Crippen LogP contribution in [0.2, 0.25) is 0 Å². The number of carbonyl (C=O) groups is 1. The average Bonchev–Trinajstić information content (AvgIpc) is 3.12. The van der Waals surface area contributed by atoms with Crippen LogP contribution in [0.25, 0.3) is 0 Å². The second kappa shape index (κ2) is 6.77. The topological polar surface area (TPSA) is 38.3 Å². The highest BCUT2D eigenvalue weighted by atomic mass is 32.2. The van der Waals surface area contributed by atoms with E-state index in [9.17, 15) is 4.79 Å². The van der Waals surface area contributed by atoms with E-state index in [0.29, 0.717) is 12.5 Å². The molecular weight excluding hydrogens is 278 g/mol. The summed E-state index contributed by atoms with van der Waals surface area (Å²) in [5, 5.41) is 5.48. The molecule has 1 aromatic heterocycles. The number of likely N-dealkylation sites (N-methyl/N-ethyl adjacent to an activating group) is 1. The fourth-order valence-electron chi connectivity index (χ4n) is 2.29. The van der Waals surface area contributed by atoms with E-state index in [4.69, 9.17) is 4.74 Å². The van der Waals surface area contributed by atoms with E-state index < -0.39 is 5.54 Å². The second-order valence-corrected chi connectivity index (χ2v) is 6.94. The summed E-state index contributed by atoms with van der Waals surface area (Å²) in [7, 11) is 0. The van der Waals surface area contributed by atoms with Crippen molar-refractivity contribution < 1.29 is 9.53 Å². The van der Waals surface area contributed by atoms with E-state index in [1.165, 1.54) is 4.21 Å². The summed E-state index contributed by atoms with van der Waals surface area (Å²) in [4.78, 5) is 12.4. The molecule has 3 nitrogen and oxygen atoms in total. The van der Waals surface area contributed by atoms with Crippen molar-refractivity contribution in [2.24, 2.45) is 5.92 Å². The van der Waals surface area contributed by atoms with Crippen molar-refractivity contribution in [3.63, 3.8) is 0 Å². The maximum atomic E-state index is 12.4. The van der Waals surface area contributed by atoms with Gasteiger partial charge >= 0.3 is 5.97 Å². The summed E-state index contributed by atoms with van der Waals surface area (Å²) in [5.74, 6) is 1.10. The van der Waals surface area contributed by atoms with Gasteiger partial charge in [-0.25, -0.2) is 0 Å². The smallest absolute Gasteiger partial charge is 0.327 e. The highest BCUT2D eigenvalue weighted by molar-refractivity contribution is 8.01. The summed E-state index contributed by atoms with van der Waals surface area (Å²) in [6, 6.07) is 4.15. The van der Waals surface area contributed by atoms with E-state index in [0.717, 1.165) is 25.1 Å². The Morgan fingerprint density at radius 1 is 1.58 bits per heavy atom. The van der Waals surface area contributed by atoms with Gasteiger partial charge < -0.3 is 10.1 Å². The molecule has 106 valence electrons. The molecule has 0 radical (unpaired) electrons. The number of rotatable bonds is 8. The minimum atomic E-state index is -0.501. The van der Waals surface area contributed by atoms with E-state index in [-0.39, 0.29) is 5.97 Å². The zero-order chi connectivity index (χ0) is 13.7. The zero-order valence-corrected chi connectivity index (χ0v) is 13.1. The van der Waals surface area contributed by atoms with Crippen LogP contribution in [0.1, 0.15) is 26.7 Å². The predicted molar refractivity (Wildman–Crippen MR) is 80.8 cm³/mol. The van der Waals surface area contributed by atoms with Gasteiger partial charge in [0.15, 0.2) is 0 Å². The Bertz CT molecular complexity index is 404. The first-order chi connectivity index (χ1) is 9.23. The monoisotopic (exact) mass is 299 g/mol. The fourth-order valence-corrected chi connectivity index (χ4v) is 4.36. The van der Waals surface area contributed by atoms with Gasteiger partial charge in [-0.05, 0) is 43.7 Å². The van der Waals surface area contributed by atoms with Gasteiger partial charge in [-0.2, -0.15) is 0 Å². The Kier molecular flexibility index (Phi) is 5.30. The zero-order valence-electron chi connectivity index (χ0n) is 11.5. The van der Waals surface area contributed by atoms with Gasteiger partial charge in [0.1, 0.15) is 5.54 Å². The molecule has 1 fully saturated rings. The third-order valence-corrected chi connectivity index (χ3v) is 5.67. The lowest BCUT2D eigenvalue weighted by Crippen LogP contribution is -2.57. The molecule has 0 spiro atoms. The van der Waals surface area contributed by atoms with Gasteiger partial charge in [0.25, 0.3) is 0 Å². The Balaban J connectivity index is 2.09. The van der Waals surface area contributed by atoms with Crippen LogP contribution in [0.3, 0.4) is 0 Å². The van der Waals surface area contributed by atoms with Gasteiger partial charge in [0.05, 0.1) is 10.8 Å². The molecule has 1 N–H and O–H groups in total. The molecular formula is C14H21NO2S2. The van der Waals surface area contributed by atoms with E-state index >= 15 is 0 Å². The van der Waals surface area contributed by atoms with Crippen LogP contribution in [-0.4, -0.2) is 30.4 Å². The quantitative estimate of drug-likeness (QED) is 0.591. The first kappa shape index (κ1) is 14.9. The van der Waals surface area contributed by atoms with Crippen molar-refractivity contribution >= 4 is 29.1 Å². The molecule has 0 bridgehead atoms. The fraction of sp³-hybridized carbons (Fsp3) is 0.643. The van der Waals surface area contributed by atoms with Crippen LogP contribution in [-0.2, 0) is 9.53 Å². The predicted octanol–water partition coefficient (Wildman–Crippen LogP) is 3.16. The van der Waals surface area contributed by atoms with Gasteiger partial charge in [-0.3, -0.25) is 4.79 Å². The summed E-state index contributed by atoms with van der Waals surface area (Å²) in [6.07, 6.45) is 2.24. The number of thiophene rings is 1. The number of hydrogen-bond acceptors (Lipinski definition) is 5. The summed E-state index contributed by atoms with van der Waals surface area (Å²) < 4.78 is 6.58. The first-order valence-corrected chi connectivity index (χ1v) is 8.68. The van der Waals surface area contributed by atoms with Crippen LogP contribution in [0.4, 0.5) is 0 Å². The lowest BCUT2D eigenvalue weighted by Gasteiger charge is -2.32. The van der Waals surface area contributed by atoms with Crippen molar-refractivity contribution in [3.05, 3.63) is 17.5 Å². The molecule has 0 aromatic carbocycles. The summed E-state index contributed by atoms with van der Waals surface area (Å²) in [5.41, 5.74) is -0.501. The molecule has 1 heterocycles. The van der Waals surface area contributed by atoms with E-state index in [1.54, 1.807) is 23.1 Å². The number of ether oxygens (including phenoxy) is 1. The molecule has 1 aromatic rings. The Morgan fingerprint density at radius 3 is 2.89 bits per heavy atom. The Labute approximate surface area is 123 Å². The average molecular weight is 299 g/mol. The van der Waals surface area contributed by atoms with Crippen molar-refractivity contribution in [3.8, 4) is 0 Å². The first-order valence-electron chi connectivity index (χ1n) is 6.81. The third-order valence-electron chi connectivity index (χ3n) is 3.34. The highest BCUT2D eigenvalue weighted by Gasteiger charge is 2.51. The Hall–Kier alpha value is -0.520. The van der Waals surface area contributed by atoms with Crippen molar-refractivity contribution in [1.29, 1.82) is 0 Å². The molecule has 0 aliphatic heterocycles. The lowest BCUT2D eigenvalue weighted by molar-refractivity contribution is -0.151. The summed E-state index contributed by atoms with van der Waals surface area (Å²) in [6.45, 7) is 5.16. The lowest BCUT2D eigenvalue weighted by atomic mass is 9.95. The molecule has 1 aliphatic carbocycles. The molecule has 0 amide bonds. The normalized spacial score (nSPS) is 18.0. The van der Waals surface area contributed by atoms with Crippen molar-refractivity contribution in [1.82, 2.24) is 5.32 Å². The van der Waals surface area contributed by atoms with E-state index in [1.807, 2.05) is 19.9 Å². The van der Waals surface area contributed by atoms with Crippen LogP contribution in [0.5, 0.6) is 0 Å². The number of nitrogens with one attached hydrogen (secondary N) is 1. The maximum Gasteiger partial charge on any atom is 0.327 e. The number of thioether (sulfide) groups is 1. The van der Waals surface area contributed by atoms with Crippen LogP contribution >= 0.6 is 23.1 Å². The van der Waals surface area contributed by atoms with E-state index in [2.05, 4.69) is 16.8 Å². The molecule has 1 unspecified atom stereocenters. The highest BCUT2D eigenvalue weighted by Crippen LogP contribution is 2.43. The minimum absolute atomic E-state index is 0.0802. The third kappa shape index (κ3) is 3.52. The standard InChI is InChI=1S/C14H21NO2S2/c1-3-15-14(11-7-8-11,13(16)17-4-2)10-19-12-6-5-9-18-12/h5-6,9,11,15H,3-4,7-8,10H2,1-2H3. The van der Waals surface area contributed by atoms with Crippen LogP contribution in [0.15, 0.2) is 21.7 Å². The van der Waals surface area contributed by atoms with Crippen LogP contribution < -0.4 is 5.32 Å². The van der Waals surface area contributed by atoms with Gasteiger partial charge in [0.2, 0.25) is 0 Å². The van der Waals surface area contributed by atoms with Crippen molar-refractivity contribution in [2.75, 3.05) is 18.9 Å². The molecule has 2 rings (SSSR count). The SMILES string of the molecule is CCNC(CSc1cccs1)(C(=O)OCC)C1CC1. The van der Waals surface area contributed by atoms with Crippen molar-refractivity contribution in [2.45, 2.75) is 36.4 Å². The molecule has 19 heavy (non-hydrogen) atoms. The molecule has 0 saturated heterocycles. The van der Waals surface area contributed by atoms with Gasteiger partial charge in [-0.15, -0.1) is 23.1 Å². The van der Waals surface area contributed by atoms with Gasteiger partial charge in [0, 0.05) is 5.75 Å². The summed E-state index contributed by atoms with van der Waals surface area (Å²) >= 11 is 3.47. The number of hydrogen-bond donors (Lipinski definition) is 1. The minimum Gasteiger partial charge on any atom is -0.465 e. The Morgan fingerprint density at radius 2 is 2.37 bits per heavy atom. The maximum absolute atomic E-state index is 12.4. The second-order valence-electron chi connectivity index (χ2n) is 4.72. The number of esters is 1. The largest absolute Gasteiger partial charge is 0.465 e. The molecule has 1 aliphatic rings.